The Balaban J connectivity index is 2.42. The monoisotopic (exact) mass is 440 g/mol. The molecule has 31 heavy (non-hydrogen) atoms. The quantitative estimate of drug-likeness (QED) is 0.284. The number of hydrogen-bond donors (Lipinski definition) is 1. The molecule has 1 aliphatic heterocycles. The highest BCUT2D eigenvalue weighted by atomic mass is 16.7. The molecule has 5 atom stereocenters. The van der Waals surface area contributed by atoms with Crippen molar-refractivity contribution in [3.8, 4) is 5.75 Å². The number of hydrogen-bond acceptors (Lipinski definition) is 11. The Morgan fingerprint density at radius 2 is 1.55 bits per heavy atom. The van der Waals surface area contributed by atoms with Crippen molar-refractivity contribution in [1.29, 1.82) is 0 Å². The van der Waals surface area contributed by atoms with Crippen LogP contribution in [0, 0.1) is 10.1 Å². The Morgan fingerprint density at radius 1 is 1.00 bits per heavy atom. The minimum atomic E-state index is -1.29. The molecule has 1 saturated heterocycles. The minimum Gasteiger partial charge on any atom is -0.459 e. The first kappa shape index (κ1) is 23.9. The van der Waals surface area contributed by atoms with Crippen LogP contribution >= 0.6 is 0 Å². The van der Waals surface area contributed by atoms with E-state index in [1.807, 2.05) is 0 Å². The van der Waals surface area contributed by atoms with Crippen molar-refractivity contribution in [3.05, 3.63) is 28.3 Å². The van der Waals surface area contributed by atoms with Crippen LogP contribution in [0.2, 0.25) is 0 Å². The molecule has 170 valence electrons. The molecule has 1 fully saturated rings. The number of nitro groups is 1. The van der Waals surface area contributed by atoms with Gasteiger partial charge in [0.15, 0.2) is 12.2 Å². The first-order valence-electron chi connectivity index (χ1n) is 9.33. The number of nitro benzene ring substituents is 1. The van der Waals surface area contributed by atoms with Gasteiger partial charge in [-0.25, -0.2) is 0 Å². The van der Waals surface area contributed by atoms with Crippen LogP contribution in [-0.4, -0.2) is 60.6 Å². The summed E-state index contributed by atoms with van der Waals surface area (Å²) in [4.78, 5) is 45.4. The first-order chi connectivity index (χ1) is 14.5. The van der Waals surface area contributed by atoms with E-state index >= 15 is 0 Å². The van der Waals surface area contributed by atoms with Crippen molar-refractivity contribution in [3.63, 3.8) is 0 Å². The summed E-state index contributed by atoms with van der Waals surface area (Å²) in [6, 6.07) is 3.84. The van der Waals surface area contributed by atoms with E-state index in [1.54, 1.807) is 6.92 Å². The van der Waals surface area contributed by atoms with Crippen LogP contribution in [0.5, 0.6) is 5.75 Å². The number of benzene rings is 1. The Bertz CT molecular complexity index is 858. The standard InChI is InChI=1S/C19H24N2O10/c1-9-16(28-10(2)22)17(29-11(3)23)18(30-12(4)24)19(27-9)31-15-7-6-13(21(25)26)8-14(15)20-5/h6-9,16-20H,1-5H3/t9-,16-,17+,18-,19+/m1/s1. The lowest BCUT2D eigenvalue weighted by atomic mass is 9.99. The highest BCUT2D eigenvalue weighted by Crippen LogP contribution is 2.34. The van der Waals surface area contributed by atoms with E-state index in [-0.39, 0.29) is 17.1 Å². The van der Waals surface area contributed by atoms with Crippen molar-refractivity contribution in [1.82, 2.24) is 0 Å². The second kappa shape index (κ2) is 10.1. The second-order valence-corrected chi connectivity index (χ2v) is 6.74. The van der Waals surface area contributed by atoms with Crippen LogP contribution in [0.3, 0.4) is 0 Å². The predicted octanol–water partition coefficient (Wildman–Crippen LogP) is 1.56. The normalized spacial score (nSPS) is 25.1. The van der Waals surface area contributed by atoms with Gasteiger partial charge in [-0.15, -0.1) is 0 Å². The average molecular weight is 440 g/mol. The zero-order valence-electron chi connectivity index (χ0n) is 17.6. The zero-order chi connectivity index (χ0) is 23.3. The molecule has 1 aliphatic rings. The van der Waals surface area contributed by atoms with Crippen LogP contribution in [0.4, 0.5) is 11.4 Å². The summed E-state index contributed by atoms with van der Waals surface area (Å²) in [5.41, 5.74) is 0.108. The molecule has 0 saturated carbocycles. The number of rotatable bonds is 7. The van der Waals surface area contributed by atoms with Crippen molar-refractivity contribution < 1.29 is 43.0 Å². The minimum absolute atomic E-state index is 0.162. The van der Waals surface area contributed by atoms with Crippen LogP contribution < -0.4 is 10.1 Å². The van der Waals surface area contributed by atoms with E-state index in [4.69, 9.17) is 23.7 Å². The number of nitrogens with one attached hydrogen (secondary N) is 1. The lowest BCUT2D eigenvalue weighted by Gasteiger charge is -2.43. The van der Waals surface area contributed by atoms with Gasteiger partial charge in [-0.1, -0.05) is 0 Å². The molecule has 0 bridgehead atoms. The highest BCUT2D eigenvalue weighted by molar-refractivity contribution is 5.68. The van der Waals surface area contributed by atoms with Gasteiger partial charge in [-0.3, -0.25) is 24.5 Å². The summed E-state index contributed by atoms with van der Waals surface area (Å²) >= 11 is 0. The molecule has 12 heteroatoms. The smallest absolute Gasteiger partial charge is 0.303 e. The molecular formula is C19H24N2O10. The van der Waals surface area contributed by atoms with Gasteiger partial charge in [-0.2, -0.15) is 0 Å². The van der Waals surface area contributed by atoms with Crippen molar-refractivity contribution in [2.75, 3.05) is 12.4 Å². The lowest BCUT2D eigenvalue weighted by Crippen LogP contribution is -2.62. The van der Waals surface area contributed by atoms with Gasteiger partial charge >= 0.3 is 17.9 Å². The molecular weight excluding hydrogens is 416 g/mol. The van der Waals surface area contributed by atoms with Crippen LogP contribution in [0.1, 0.15) is 27.7 Å². The molecule has 0 radical (unpaired) electrons. The summed E-state index contributed by atoms with van der Waals surface area (Å²) in [6.07, 6.45) is -5.65. The van der Waals surface area contributed by atoms with Crippen molar-refractivity contribution >= 4 is 29.3 Å². The largest absolute Gasteiger partial charge is 0.459 e. The second-order valence-electron chi connectivity index (χ2n) is 6.74. The van der Waals surface area contributed by atoms with Gasteiger partial charge in [0.05, 0.1) is 16.7 Å². The molecule has 0 spiro atoms. The molecule has 1 aromatic rings. The lowest BCUT2D eigenvalue weighted by molar-refractivity contribution is -0.384. The summed E-state index contributed by atoms with van der Waals surface area (Å²) < 4.78 is 27.5. The Morgan fingerprint density at radius 3 is 2.06 bits per heavy atom. The first-order valence-corrected chi connectivity index (χ1v) is 9.33. The van der Waals surface area contributed by atoms with Crippen LogP contribution in [0.25, 0.3) is 0 Å². The third-order valence-corrected chi connectivity index (χ3v) is 4.32. The van der Waals surface area contributed by atoms with Gasteiger partial charge in [0, 0.05) is 40.0 Å². The maximum absolute atomic E-state index is 11.7. The Kier molecular flexibility index (Phi) is 7.75. The number of nitrogens with zero attached hydrogens (tertiary/aromatic N) is 1. The fraction of sp³-hybridized carbons (Fsp3) is 0.526. The molecule has 0 aliphatic carbocycles. The summed E-state index contributed by atoms with van der Waals surface area (Å²) in [5.74, 6) is -1.90. The molecule has 12 nitrogen and oxygen atoms in total. The third-order valence-electron chi connectivity index (χ3n) is 4.32. The number of carbonyl (C=O) groups excluding carboxylic acids is 3. The maximum Gasteiger partial charge on any atom is 0.303 e. The van der Waals surface area contributed by atoms with E-state index in [2.05, 4.69) is 5.32 Å². The average Bonchev–Trinajstić information content (AvgIpc) is 2.66. The molecule has 0 unspecified atom stereocenters. The third kappa shape index (κ3) is 6.04. The number of anilines is 1. The van der Waals surface area contributed by atoms with Crippen LogP contribution in [-0.2, 0) is 33.3 Å². The molecule has 1 aromatic carbocycles. The fourth-order valence-corrected chi connectivity index (χ4v) is 3.12. The maximum atomic E-state index is 11.7. The van der Waals surface area contributed by atoms with Crippen LogP contribution in [0.15, 0.2) is 18.2 Å². The van der Waals surface area contributed by atoms with E-state index < -0.39 is 53.5 Å². The number of non-ortho nitro benzene ring substituents is 1. The molecule has 1 heterocycles. The molecule has 2 rings (SSSR count). The van der Waals surface area contributed by atoms with Gasteiger partial charge in [0.25, 0.3) is 5.69 Å². The Hall–Kier alpha value is -3.41. The summed E-state index contributed by atoms with van der Waals surface area (Å²) in [7, 11) is 1.54. The number of esters is 3. The number of ether oxygens (including phenoxy) is 5. The fourth-order valence-electron chi connectivity index (χ4n) is 3.12. The van der Waals surface area contributed by atoms with E-state index in [0.29, 0.717) is 0 Å². The SMILES string of the molecule is CNc1cc([N+](=O)[O-])ccc1O[C@@H]1O[C@H](C)[C@@H](OC(C)=O)[C@H](OC(C)=O)[C@H]1OC(C)=O. The Labute approximate surface area is 177 Å². The summed E-state index contributed by atoms with van der Waals surface area (Å²) in [5, 5.41) is 13.8. The van der Waals surface area contributed by atoms with E-state index in [1.165, 1.54) is 32.2 Å². The van der Waals surface area contributed by atoms with Gasteiger partial charge < -0.3 is 29.0 Å². The van der Waals surface area contributed by atoms with E-state index in [9.17, 15) is 24.5 Å². The number of carbonyl (C=O) groups is 3. The highest BCUT2D eigenvalue weighted by Gasteiger charge is 2.51. The van der Waals surface area contributed by atoms with Gasteiger partial charge in [0.1, 0.15) is 5.75 Å². The van der Waals surface area contributed by atoms with Crippen molar-refractivity contribution in [2.24, 2.45) is 0 Å². The van der Waals surface area contributed by atoms with Gasteiger partial charge in [0.2, 0.25) is 12.4 Å². The topological polar surface area (TPSA) is 153 Å². The predicted molar refractivity (Wildman–Crippen MR) is 104 cm³/mol. The van der Waals surface area contributed by atoms with Gasteiger partial charge in [-0.05, 0) is 13.0 Å². The molecule has 1 N–H and O–H groups in total. The van der Waals surface area contributed by atoms with Crippen molar-refractivity contribution in [2.45, 2.75) is 58.4 Å². The molecule has 0 amide bonds. The summed E-state index contributed by atoms with van der Waals surface area (Å²) in [6.45, 7) is 5.04. The van der Waals surface area contributed by atoms with E-state index in [0.717, 1.165) is 13.8 Å². The molecule has 0 aromatic heterocycles. The zero-order valence-corrected chi connectivity index (χ0v) is 17.6.